The standard InChI is InChI=1S/C17H25N5O3/c1-11-7-12(2)22(19-11)10-15-9-21(5-6-24-15)14(4)17(23)18-16-8-13(3)25-20-16/h7-8,14-15H,5-6,9-10H2,1-4H3,(H,18,20,23)/t14-,15-/m1/s1. The minimum atomic E-state index is -0.274. The van der Waals surface area contributed by atoms with E-state index in [4.69, 9.17) is 9.26 Å². The Balaban J connectivity index is 1.58. The van der Waals surface area contributed by atoms with Crippen LogP contribution < -0.4 is 5.32 Å². The number of nitrogens with zero attached hydrogens (tertiary/aromatic N) is 4. The Kier molecular flexibility index (Phi) is 5.19. The predicted molar refractivity (Wildman–Crippen MR) is 92.3 cm³/mol. The molecule has 0 aliphatic carbocycles. The molecule has 0 saturated carbocycles. The maximum absolute atomic E-state index is 12.5. The smallest absolute Gasteiger partial charge is 0.242 e. The summed E-state index contributed by atoms with van der Waals surface area (Å²) in [6, 6.07) is 3.48. The van der Waals surface area contributed by atoms with E-state index in [0.717, 1.165) is 17.9 Å². The highest BCUT2D eigenvalue weighted by Crippen LogP contribution is 2.14. The van der Waals surface area contributed by atoms with Gasteiger partial charge in [-0.2, -0.15) is 5.10 Å². The van der Waals surface area contributed by atoms with Crippen LogP contribution in [0.4, 0.5) is 5.82 Å². The van der Waals surface area contributed by atoms with Crippen LogP contribution in [0.2, 0.25) is 0 Å². The molecule has 0 aromatic carbocycles. The van der Waals surface area contributed by atoms with E-state index in [2.05, 4.69) is 26.5 Å². The number of aryl methyl sites for hydroxylation is 3. The van der Waals surface area contributed by atoms with Crippen molar-refractivity contribution in [2.24, 2.45) is 0 Å². The van der Waals surface area contributed by atoms with Gasteiger partial charge in [-0.1, -0.05) is 5.16 Å². The van der Waals surface area contributed by atoms with Crippen LogP contribution in [0, 0.1) is 20.8 Å². The van der Waals surface area contributed by atoms with E-state index in [1.54, 1.807) is 13.0 Å². The van der Waals surface area contributed by atoms with E-state index in [1.165, 1.54) is 0 Å². The summed E-state index contributed by atoms with van der Waals surface area (Å²) in [6.45, 7) is 10.4. The molecule has 0 radical (unpaired) electrons. The predicted octanol–water partition coefficient (Wildman–Crippen LogP) is 1.52. The molecule has 0 unspecified atom stereocenters. The molecule has 1 amide bonds. The number of hydrogen-bond acceptors (Lipinski definition) is 6. The fourth-order valence-corrected chi connectivity index (χ4v) is 3.08. The molecule has 1 aliphatic rings. The van der Waals surface area contributed by atoms with E-state index in [0.29, 0.717) is 31.3 Å². The maximum atomic E-state index is 12.5. The van der Waals surface area contributed by atoms with Gasteiger partial charge in [-0.05, 0) is 33.8 Å². The van der Waals surface area contributed by atoms with E-state index < -0.39 is 0 Å². The molecule has 0 spiro atoms. The summed E-state index contributed by atoms with van der Waals surface area (Å²) in [6.07, 6.45) is 0.0105. The van der Waals surface area contributed by atoms with Gasteiger partial charge in [0.1, 0.15) is 5.76 Å². The monoisotopic (exact) mass is 347 g/mol. The molecule has 1 N–H and O–H groups in total. The van der Waals surface area contributed by atoms with Crippen molar-refractivity contribution in [3.8, 4) is 0 Å². The van der Waals surface area contributed by atoms with Crippen molar-refractivity contribution in [3.05, 3.63) is 29.3 Å². The first-order valence-corrected chi connectivity index (χ1v) is 8.53. The zero-order chi connectivity index (χ0) is 18.0. The van der Waals surface area contributed by atoms with Gasteiger partial charge in [0.2, 0.25) is 5.91 Å². The molecule has 2 atom stereocenters. The average Bonchev–Trinajstić information content (AvgIpc) is 3.11. The minimum Gasteiger partial charge on any atom is -0.374 e. The van der Waals surface area contributed by atoms with Gasteiger partial charge in [0.25, 0.3) is 0 Å². The maximum Gasteiger partial charge on any atom is 0.242 e. The van der Waals surface area contributed by atoms with Crippen LogP contribution in [0.1, 0.15) is 24.1 Å². The zero-order valence-corrected chi connectivity index (χ0v) is 15.2. The third-order valence-corrected chi connectivity index (χ3v) is 4.46. The molecule has 1 aliphatic heterocycles. The normalized spacial score (nSPS) is 19.8. The topological polar surface area (TPSA) is 85.4 Å². The van der Waals surface area contributed by atoms with Crippen molar-refractivity contribution in [1.82, 2.24) is 19.8 Å². The zero-order valence-electron chi connectivity index (χ0n) is 15.2. The van der Waals surface area contributed by atoms with Crippen LogP contribution in [0.25, 0.3) is 0 Å². The molecule has 25 heavy (non-hydrogen) atoms. The summed E-state index contributed by atoms with van der Waals surface area (Å²) in [5, 5.41) is 11.1. The lowest BCUT2D eigenvalue weighted by molar-refractivity contribution is -0.124. The van der Waals surface area contributed by atoms with Crippen LogP contribution in [0.3, 0.4) is 0 Å². The fourth-order valence-electron chi connectivity index (χ4n) is 3.08. The van der Waals surface area contributed by atoms with E-state index in [1.807, 2.05) is 25.5 Å². The van der Waals surface area contributed by atoms with Gasteiger partial charge in [0, 0.05) is 24.8 Å². The summed E-state index contributed by atoms with van der Waals surface area (Å²) in [5.74, 6) is 1.01. The molecule has 1 saturated heterocycles. The van der Waals surface area contributed by atoms with Gasteiger partial charge in [-0.3, -0.25) is 14.4 Å². The van der Waals surface area contributed by atoms with Crippen LogP contribution in [0.5, 0.6) is 0 Å². The van der Waals surface area contributed by atoms with Crippen molar-refractivity contribution in [3.63, 3.8) is 0 Å². The van der Waals surface area contributed by atoms with E-state index in [-0.39, 0.29) is 18.1 Å². The van der Waals surface area contributed by atoms with Crippen LogP contribution in [-0.2, 0) is 16.1 Å². The third kappa shape index (κ3) is 4.26. The van der Waals surface area contributed by atoms with Crippen LogP contribution >= 0.6 is 0 Å². The number of hydrogen-bond donors (Lipinski definition) is 1. The Morgan fingerprint density at radius 1 is 1.40 bits per heavy atom. The Labute approximate surface area is 147 Å². The Hall–Kier alpha value is -2.19. The van der Waals surface area contributed by atoms with Gasteiger partial charge in [0.05, 0.1) is 31.0 Å². The number of morpholine rings is 1. The lowest BCUT2D eigenvalue weighted by Gasteiger charge is -2.36. The van der Waals surface area contributed by atoms with Crippen molar-refractivity contribution in [2.45, 2.75) is 46.4 Å². The molecule has 3 rings (SSSR count). The molecule has 8 nitrogen and oxygen atoms in total. The molecule has 0 bridgehead atoms. The summed E-state index contributed by atoms with van der Waals surface area (Å²) in [5.41, 5.74) is 2.12. The fraction of sp³-hybridized carbons (Fsp3) is 0.588. The second-order valence-corrected chi connectivity index (χ2v) is 6.58. The molecule has 2 aromatic heterocycles. The van der Waals surface area contributed by atoms with Crippen molar-refractivity contribution in [1.29, 1.82) is 0 Å². The molecule has 3 heterocycles. The molecule has 2 aromatic rings. The highest BCUT2D eigenvalue weighted by molar-refractivity contribution is 5.93. The first-order chi connectivity index (χ1) is 11.9. The van der Waals surface area contributed by atoms with Crippen molar-refractivity contribution < 1.29 is 14.1 Å². The van der Waals surface area contributed by atoms with Crippen LogP contribution in [0.15, 0.2) is 16.7 Å². The largest absolute Gasteiger partial charge is 0.374 e. The molecule has 8 heteroatoms. The molecular formula is C17H25N5O3. The van der Waals surface area contributed by atoms with Gasteiger partial charge in [-0.25, -0.2) is 0 Å². The van der Waals surface area contributed by atoms with Gasteiger partial charge < -0.3 is 14.6 Å². The summed E-state index contributed by atoms with van der Waals surface area (Å²) in [4.78, 5) is 14.6. The minimum absolute atomic E-state index is 0.0105. The summed E-state index contributed by atoms with van der Waals surface area (Å²) < 4.78 is 12.8. The van der Waals surface area contributed by atoms with E-state index in [9.17, 15) is 4.79 Å². The highest BCUT2D eigenvalue weighted by atomic mass is 16.5. The quantitative estimate of drug-likeness (QED) is 0.883. The van der Waals surface area contributed by atoms with Gasteiger partial charge in [-0.15, -0.1) is 0 Å². The van der Waals surface area contributed by atoms with Gasteiger partial charge in [0.15, 0.2) is 5.82 Å². The molecule has 1 fully saturated rings. The second kappa shape index (κ2) is 7.37. The highest BCUT2D eigenvalue weighted by Gasteiger charge is 2.29. The van der Waals surface area contributed by atoms with Crippen LogP contribution in [-0.4, -0.2) is 57.6 Å². The molecule has 136 valence electrons. The first kappa shape index (κ1) is 17.6. The Morgan fingerprint density at radius 3 is 2.84 bits per heavy atom. The van der Waals surface area contributed by atoms with Crippen molar-refractivity contribution in [2.75, 3.05) is 25.0 Å². The second-order valence-electron chi connectivity index (χ2n) is 6.58. The number of aromatic nitrogens is 3. The number of ether oxygens (including phenoxy) is 1. The van der Waals surface area contributed by atoms with Crippen molar-refractivity contribution >= 4 is 11.7 Å². The average molecular weight is 347 g/mol. The number of carbonyl (C=O) groups is 1. The lowest BCUT2D eigenvalue weighted by Crippen LogP contribution is -2.51. The molecular weight excluding hydrogens is 322 g/mol. The number of nitrogens with one attached hydrogen (secondary N) is 1. The lowest BCUT2D eigenvalue weighted by atomic mass is 10.2. The van der Waals surface area contributed by atoms with E-state index >= 15 is 0 Å². The first-order valence-electron chi connectivity index (χ1n) is 8.53. The number of carbonyl (C=O) groups excluding carboxylic acids is 1. The SMILES string of the molecule is Cc1cc(C)n(C[C@H]2CN([C@H](C)C(=O)Nc3cc(C)on3)CCO2)n1. The van der Waals surface area contributed by atoms with Gasteiger partial charge >= 0.3 is 0 Å². The number of rotatable bonds is 5. The summed E-state index contributed by atoms with van der Waals surface area (Å²) >= 11 is 0. The Morgan fingerprint density at radius 2 is 2.20 bits per heavy atom. The third-order valence-electron chi connectivity index (χ3n) is 4.46. The summed E-state index contributed by atoms with van der Waals surface area (Å²) in [7, 11) is 0. The number of anilines is 1. The Bertz CT molecular complexity index is 738. The number of amides is 1.